The molecule has 1 N–H and O–H groups in total. The molecule has 0 aromatic carbocycles. The fourth-order valence-electron chi connectivity index (χ4n) is 3.87. The molecule has 0 saturated carbocycles. The minimum atomic E-state index is -0.346. The molecule has 140 valence electrons. The zero-order chi connectivity index (χ0) is 18.6. The van der Waals surface area contributed by atoms with Crippen molar-refractivity contribution >= 4 is 11.8 Å². The van der Waals surface area contributed by atoms with Crippen molar-refractivity contribution in [2.24, 2.45) is 5.92 Å². The van der Waals surface area contributed by atoms with Crippen molar-refractivity contribution in [1.82, 2.24) is 20.2 Å². The molecule has 3 atom stereocenters. The molecule has 7 nitrogen and oxygen atoms in total. The molecule has 0 aliphatic carbocycles. The molecular formula is C20H22N4O3. The second-order valence-electron chi connectivity index (χ2n) is 6.92. The number of nitrogens with zero attached hydrogens (tertiary/aromatic N) is 3. The number of hydrogen-bond donors (Lipinski definition) is 1. The summed E-state index contributed by atoms with van der Waals surface area (Å²) in [7, 11) is 0. The van der Waals surface area contributed by atoms with Crippen molar-refractivity contribution in [3.05, 3.63) is 60.2 Å². The van der Waals surface area contributed by atoms with Crippen LogP contribution in [0.15, 0.2) is 48.9 Å². The molecule has 27 heavy (non-hydrogen) atoms. The molecule has 0 radical (unpaired) electrons. The summed E-state index contributed by atoms with van der Waals surface area (Å²) >= 11 is 0. The van der Waals surface area contributed by atoms with Crippen LogP contribution in [0.2, 0.25) is 0 Å². The second kappa shape index (κ2) is 7.84. The first-order valence-electron chi connectivity index (χ1n) is 9.20. The van der Waals surface area contributed by atoms with Crippen LogP contribution in [0.3, 0.4) is 0 Å². The highest BCUT2D eigenvalue weighted by molar-refractivity contribution is 5.84. The summed E-state index contributed by atoms with van der Waals surface area (Å²) in [5, 5.41) is 2.95. The Bertz CT molecular complexity index is 799. The van der Waals surface area contributed by atoms with Gasteiger partial charge in [0.1, 0.15) is 0 Å². The number of hydrogen-bond acceptors (Lipinski definition) is 5. The lowest BCUT2D eigenvalue weighted by Crippen LogP contribution is -2.38. The largest absolute Gasteiger partial charge is 0.375 e. The highest BCUT2D eigenvalue weighted by atomic mass is 16.5. The Hall–Kier alpha value is -2.80. The van der Waals surface area contributed by atoms with E-state index in [4.69, 9.17) is 4.74 Å². The van der Waals surface area contributed by atoms with Gasteiger partial charge in [0, 0.05) is 44.0 Å². The zero-order valence-corrected chi connectivity index (χ0v) is 15.0. The molecule has 4 heterocycles. The molecule has 2 aliphatic heterocycles. The third-order valence-corrected chi connectivity index (χ3v) is 5.20. The predicted molar refractivity (Wildman–Crippen MR) is 97.4 cm³/mol. The van der Waals surface area contributed by atoms with E-state index in [1.165, 1.54) is 0 Å². The Morgan fingerprint density at radius 3 is 2.93 bits per heavy atom. The lowest BCUT2D eigenvalue weighted by Gasteiger charge is -2.22. The fraction of sp³-hybridized carbons (Fsp3) is 0.400. The van der Waals surface area contributed by atoms with Gasteiger partial charge in [-0.05, 0) is 30.2 Å². The molecule has 2 aromatic heterocycles. The first-order valence-corrected chi connectivity index (χ1v) is 9.20. The van der Waals surface area contributed by atoms with Gasteiger partial charge in [0.15, 0.2) is 0 Å². The van der Waals surface area contributed by atoms with Gasteiger partial charge in [-0.25, -0.2) is 0 Å². The van der Waals surface area contributed by atoms with E-state index in [-0.39, 0.29) is 36.3 Å². The number of pyridine rings is 2. The van der Waals surface area contributed by atoms with Crippen molar-refractivity contribution in [3.8, 4) is 0 Å². The fourth-order valence-corrected chi connectivity index (χ4v) is 3.87. The number of likely N-dealkylation sites (tertiary alicyclic amines) is 1. The van der Waals surface area contributed by atoms with Gasteiger partial charge in [0.05, 0.1) is 24.5 Å². The normalized spacial score (nSPS) is 23.9. The van der Waals surface area contributed by atoms with E-state index in [0.29, 0.717) is 19.7 Å². The number of nitrogens with one attached hydrogen (secondary N) is 1. The SMILES string of the molecule is O=C(NCc1cccnc1)[C@@H]1CN(C(=O)Cc2ccccn2)[C@@H]2CCO[C@H]21. The van der Waals surface area contributed by atoms with E-state index in [9.17, 15) is 9.59 Å². The zero-order valence-electron chi connectivity index (χ0n) is 15.0. The Kier molecular flexibility index (Phi) is 5.11. The third kappa shape index (κ3) is 3.83. The number of fused-ring (bicyclic) bond motifs is 1. The summed E-state index contributed by atoms with van der Waals surface area (Å²) in [5.41, 5.74) is 1.68. The van der Waals surface area contributed by atoms with E-state index in [1.807, 2.05) is 30.3 Å². The van der Waals surface area contributed by atoms with E-state index in [0.717, 1.165) is 17.7 Å². The van der Waals surface area contributed by atoms with Gasteiger partial charge in [-0.3, -0.25) is 19.6 Å². The topological polar surface area (TPSA) is 84.4 Å². The van der Waals surface area contributed by atoms with Gasteiger partial charge in [-0.1, -0.05) is 12.1 Å². The van der Waals surface area contributed by atoms with Crippen molar-refractivity contribution in [2.75, 3.05) is 13.2 Å². The molecule has 4 rings (SSSR count). The van der Waals surface area contributed by atoms with E-state index < -0.39 is 0 Å². The van der Waals surface area contributed by atoms with Crippen LogP contribution in [-0.2, 0) is 27.3 Å². The number of ether oxygens (including phenoxy) is 1. The standard InChI is InChI=1S/C20H22N4O3/c25-18(10-15-5-1-2-8-22-15)24-13-16(19-17(24)6-9-27-19)20(26)23-12-14-4-3-7-21-11-14/h1-5,7-8,11,16-17,19H,6,9-10,12-13H2,(H,23,26)/t16-,17-,19+/m1/s1. The summed E-state index contributed by atoms with van der Waals surface area (Å²) in [4.78, 5) is 35.6. The monoisotopic (exact) mass is 366 g/mol. The van der Waals surface area contributed by atoms with Crippen LogP contribution >= 0.6 is 0 Å². The van der Waals surface area contributed by atoms with Gasteiger partial charge >= 0.3 is 0 Å². The summed E-state index contributed by atoms with van der Waals surface area (Å²) in [6.45, 7) is 1.39. The molecule has 2 saturated heterocycles. The van der Waals surface area contributed by atoms with Gasteiger partial charge < -0.3 is 15.0 Å². The number of aromatic nitrogens is 2. The van der Waals surface area contributed by atoms with Crippen LogP contribution in [0.1, 0.15) is 17.7 Å². The van der Waals surface area contributed by atoms with Crippen LogP contribution < -0.4 is 5.32 Å². The molecule has 2 fully saturated rings. The third-order valence-electron chi connectivity index (χ3n) is 5.20. The van der Waals surface area contributed by atoms with Crippen molar-refractivity contribution in [3.63, 3.8) is 0 Å². The smallest absolute Gasteiger partial charge is 0.228 e. The molecule has 7 heteroatoms. The van der Waals surface area contributed by atoms with E-state index >= 15 is 0 Å². The lowest BCUT2D eigenvalue weighted by atomic mass is 10.0. The first kappa shape index (κ1) is 17.6. The van der Waals surface area contributed by atoms with Gasteiger partial charge in [-0.2, -0.15) is 0 Å². The summed E-state index contributed by atoms with van der Waals surface area (Å²) < 4.78 is 5.81. The van der Waals surface area contributed by atoms with Crippen LogP contribution in [-0.4, -0.2) is 52.0 Å². The van der Waals surface area contributed by atoms with Crippen molar-refractivity contribution in [1.29, 1.82) is 0 Å². The maximum atomic E-state index is 12.8. The Labute approximate surface area is 157 Å². The summed E-state index contributed by atoms with van der Waals surface area (Å²) in [5.74, 6) is -0.428. The second-order valence-corrected chi connectivity index (χ2v) is 6.92. The molecule has 2 aromatic rings. The van der Waals surface area contributed by atoms with Gasteiger partial charge in [0.2, 0.25) is 11.8 Å². The summed E-state index contributed by atoms with van der Waals surface area (Å²) in [6.07, 6.45) is 5.89. The Morgan fingerprint density at radius 2 is 2.15 bits per heavy atom. The number of carbonyl (C=O) groups excluding carboxylic acids is 2. The average Bonchev–Trinajstić information content (AvgIpc) is 3.30. The Morgan fingerprint density at radius 1 is 1.22 bits per heavy atom. The van der Waals surface area contributed by atoms with Crippen LogP contribution in [0.4, 0.5) is 0 Å². The first-order chi connectivity index (χ1) is 13.2. The highest BCUT2D eigenvalue weighted by Crippen LogP contribution is 2.34. The van der Waals surface area contributed by atoms with Gasteiger partial charge in [-0.15, -0.1) is 0 Å². The van der Waals surface area contributed by atoms with Gasteiger partial charge in [0.25, 0.3) is 0 Å². The maximum absolute atomic E-state index is 12.8. The van der Waals surface area contributed by atoms with Crippen molar-refractivity contribution < 1.29 is 14.3 Å². The van der Waals surface area contributed by atoms with Crippen molar-refractivity contribution in [2.45, 2.75) is 31.5 Å². The van der Waals surface area contributed by atoms with Crippen LogP contribution in [0, 0.1) is 5.92 Å². The molecule has 0 unspecified atom stereocenters. The number of rotatable bonds is 5. The predicted octanol–water partition coefficient (Wildman–Crippen LogP) is 0.951. The quantitative estimate of drug-likeness (QED) is 0.852. The molecule has 2 amide bonds. The van der Waals surface area contributed by atoms with E-state index in [2.05, 4.69) is 15.3 Å². The minimum absolute atomic E-state index is 0.00300. The number of amides is 2. The average molecular weight is 366 g/mol. The minimum Gasteiger partial charge on any atom is -0.375 e. The molecule has 0 bridgehead atoms. The number of carbonyl (C=O) groups is 2. The highest BCUT2D eigenvalue weighted by Gasteiger charge is 2.50. The molecule has 2 aliphatic rings. The molecular weight excluding hydrogens is 344 g/mol. The van der Waals surface area contributed by atoms with Crippen LogP contribution in [0.5, 0.6) is 0 Å². The van der Waals surface area contributed by atoms with E-state index in [1.54, 1.807) is 23.5 Å². The maximum Gasteiger partial charge on any atom is 0.228 e. The lowest BCUT2D eigenvalue weighted by molar-refractivity contribution is -0.131. The Balaban J connectivity index is 1.41. The van der Waals surface area contributed by atoms with Crippen LogP contribution in [0.25, 0.3) is 0 Å². The molecule has 0 spiro atoms. The summed E-state index contributed by atoms with van der Waals surface area (Å²) in [6, 6.07) is 9.26.